The van der Waals surface area contributed by atoms with E-state index in [-0.39, 0.29) is 0 Å². The molecule has 0 aliphatic heterocycles. The number of nitrogens with zero attached hydrogens (tertiary/aromatic N) is 3. The van der Waals surface area contributed by atoms with Crippen LogP contribution in [0.2, 0.25) is 0 Å². The predicted octanol–water partition coefficient (Wildman–Crippen LogP) is 13.5. The van der Waals surface area contributed by atoms with Crippen molar-refractivity contribution in [2.75, 3.05) is 0 Å². The number of thiophene rings is 1. The lowest BCUT2D eigenvalue weighted by atomic mass is 9.97. The maximum absolute atomic E-state index is 6.85. The van der Waals surface area contributed by atoms with Gasteiger partial charge in [0.05, 0.1) is 27.6 Å². The summed E-state index contributed by atoms with van der Waals surface area (Å²) in [5, 5.41) is 10.2. The Balaban J connectivity index is 1.32. The zero-order chi connectivity index (χ0) is 34.6. The van der Waals surface area contributed by atoms with Crippen molar-refractivity contribution < 1.29 is 4.42 Å². The van der Waals surface area contributed by atoms with Gasteiger partial charge in [-0.05, 0) is 47.3 Å². The van der Waals surface area contributed by atoms with Crippen LogP contribution in [0.5, 0.6) is 0 Å². The fourth-order valence-corrected chi connectivity index (χ4v) is 9.52. The first kappa shape index (κ1) is 28.8. The summed E-state index contributed by atoms with van der Waals surface area (Å²) in [6, 6.07) is 58.2. The molecule has 0 bridgehead atoms. The quantitative estimate of drug-likeness (QED) is 0.185. The van der Waals surface area contributed by atoms with Crippen LogP contribution in [0.3, 0.4) is 0 Å². The summed E-state index contributed by atoms with van der Waals surface area (Å²) < 4.78 is 11.7. The number of hydrogen-bond acceptors (Lipinski definition) is 4. The van der Waals surface area contributed by atoms with Crippen LogP contribution in [0.25, 0.3) is 114 Å². The number of rotatable bonds is 3. The van der Waals surface area contributed by atoms with Crippen LogP contribution >= 0.6 is 11.3 Å². The molecule has 0 saturated heterocycles. The third-order valence-electron chi connectivity index (χ3n) is 10.8. The molecule has 4 nitrogen and oxygen atoms in total. The zero-order valence-electron chi connectivity index (χ0n) is 28.2. The fourth-order valence-electron chi connectivity index (χ4n) is 8.44. The van der Waals surface area contributed by atoms with Crippen molar-refractivity contribution in [2.45, 2.75) is 0 Å². The van der Waals surface area contributed by atoms with E-state index in [4.69, 9.17) is 14.4 Å². The molecule has 53 heavy (non-hydrogen) atoms. The lowest BCUT2D eigenvalue weighted by molar-refractivity contribution is 0.673. The molecule has 0 radical (unpaired) electrons. The van der Waals surface area contributed by atoms with Crippen molar-refractivity contribution in [1.82, 2.24) is 14.5 Å². The highest BCUT2D eigenvalue weighted by Crippen LogP contribution is 2.47. The highest BCUT2D eigenvalue weighted by atomic mass is 32.1. The largest absolute Gasteiger partial charge is 0.455 e. The van der Waals surface area contributed by atoms with Gasteiger partial charge in [0.25, 0.3) is 0 Å². The second kappa shape index (κ2) is 10.8. The third kappa shape index (κ3) is 4.11. The van der Waals surface area contributed by atoms with E-state index < -0.39 is 0 Å². The average molecular weight is 694 g/mol. The van der Waals surface area contributed by atoms with E-state index in [1.54, 1.807) is 0 Å². The molecule has 12 aromatic rings. The van der Waals surface area contributed by atoms with Crippen molar-refractivity contribution in [3.63, 3.8) is 0 Å². The Morgan fingerprint density at radius 3 is 2.11 bits per heavy atom. The van der Waals surface area contributed by atoms with Gasteiger partial charge in [0.2, 0.25) is 5.95 Å². The Hall–Kier alpha value is -6.82. The number of benzene rings is 8. The SMILES string of the molecule is c1ccc(-c2nc(-n3c4c(-c5ccc6sc7ccccc7c6c5)cc5c6ccccc6oc5c4c4ccc5ccccc5c43)nc3ccccc23)cc1. The standard InChI is InChI=1S/C48H27N3OS/c1-2-13-29(14-3-1)44-34-18-6-9-19-39(34)49-48(50-44)51-45-31-15-5-4-12-28(31)22-24-35(45)43-46(51)36(27-38-32-16-7-10-20-40(32)52-47(38)43)30-23-25-42-37(26-30)33-17-8-11-21-41(33)53-42/h1-27H. The second-order valence-electron chi connectivity index (χ2n) is 13.7. The molecule has 0 aliphatic rings. The monoisotopic (exact) mass is 693 g/mol. The van der Waals surface area contributed by atoms with Gasteiger partial charge >= 0.3 is 0 Å². The summed E-state index contributed by atoms with van der Waals surface area (Å²) in [5.41, 5.74) is 8.91. The molecule has 0 spiro atoms. The minimum atomic E-state index is 0.623. The van der Waals surface area contributed by atoms with E-state index in [2.05, 4.69) is 156 Å². The van der Waals surface area contributed by atoms with Crippen molar-refractivity contribution in [1.29, 1.82) is 0 Å². The Morgan fingerprint density at radius 2 is 1.21 bits per heavy atom. The van der Waals surface area contributed by atoms with Crippen LogP contribution in [-0.4, -0.2) is 14.5 Å². The summed E-state index contributed by atoms with van der Waals surface area (Å²) in [5.74, 6) is 0.623. The fraction of sp³-hybridized carbons (Fsp3) is 0. The Morgan fingerprint density at radius 1 is 0.472 bits per heavy atom. The molecular weight excluding hydrogens is 667 g/mol. The van der Waals surface area contributed by atoms with Crippen LogP contribution in [0.4, 0.5) is 0 Å². The Kier molecular flexibility index (Phi) is 5.90. The maximum Gasteiger partial charge on any atom is 0.235 e. The van der Waals surface area contributed by atoms with Gasteiger partial charge < -0.3 is 4.42 Å². The summed E-state index contributed by atoms with van der Waals surface area (Å²) in [7, 11) is 0. The normalized spacial score (nSPS) is 12.2. The molecule has 0 N–H and O–H groups in total. The lowest BCUT2D eigenvalue weighted by Crippen LogP contribution is -2.04. The first-order valence-corrected chi connectivity index (χ1v) is 18.6. The van der Waals surface area contributed by atoms with Gasteiger partial charge in [-0.15, -0.1) is 11.3 Å². The van der Waals surface area contributed by atoms with Gasteiger partial charge in [-0.3, -0.25) is 4.57 Å². The van der Waals surface area contributed by atoms with Gasteiger partial charge in [0.15, 0.2) is 0 Å². The van der Waals surface area contributed by atoms with Crippen LogP contribution < -0.4 is 0 Å². The van der Waals surface area contributed by atoms with Crippen LogP contribution in [0, 0.1) is 0 Å². The number of furan rings is 1. The van der Waals surface area contributed by atoms with E-state index in [1.165, 1.54) is 20.2 Å². The lowest BCUT2D eigenvalue weighted by Gasteiger charge is -2.14. The van der Waals surface area contributed by atoms with E-state index in [9.17, 15) is 0 Å². The molecule has 0 aliphatic carbocycles. The van der Waals surface area contributed by atoms with Crippen LogP contribution in [-0.2, 0) is 0 Å². The van der Waals surface area contributed by atoms with Gasteiger partial charge in [0.1, 0.15) is 11.2 Å². The van der Waals surface area contributed by atoms with E-state index in [0.29, 0.717) is 5.95 Å². The topological polar surface area (TPSA) is 43.9 Å². The average Bonchev–Trinajstić information content (AvgIpc) is 3.90. The molecule has 12 rings (SSSR count). The molecule has 0 saturated carbocycles. The first-order valence-electron chi connectivity index (χ1n) is 17.8. The van der Waals surface area contributed by atoms with Crippen LogP contribution in [0.15, 0.2) is 168 Å². The van der Waals surface area contributed by atoms with Crippen molar-refractivity contribution >= 4 is 96.9 Å². The number of hydrogen-bond donors (Lipinski definition) is 0. The summed E-state index contributed by atoms with van der Waals surface area (Å²) in [6.07, 6.45) is 0. The molecule has 4 aromatic heterocycles. The van der Waals surface area contributed by atoms with E-state index >= 15 is 0 Å². The number of aromatic nitrogens is 3. The van der Waals surface area contributed by atoms with Gasteiger partial charge in [0, 0.05) is 58.2 Å². The summed E-state index contributed by atoms with van der Waals surface area (Å²) in [6.45, 7) is 0. The first-order chi connectivity index (χ1) is 26.3. The molecule has 0 atom stereocenters. The van der Waals surface area contributed by atoms with E-state index in [1.807, 2.05) is 23.5 Å². The molecule has 0 amide bonds. The number of para-hydroxylation sites is 2. The Labute approximate surface area is 306 Å². The van der Waals surface area contributed by atoms with Crippen molar-refractivity contribution in [2.24, 2.45) is 0 Å². The molecule has 4 heterocycles. The predicted molar refractivity (Wildman–Crippen MR) is 222 cm³/mol. The minimum Gasteiger partial charge on any atom is -0.455 e. The molecule has 0 fully saturated rings. The second-order valence-corrected chi connectivity index (χ2v) is 14.8. The molecule has 5 heteroatoms. The molecule has 246 valence electrons. The summed E-state index contributed by atoms with van der Waals surface area (Å²) in [4.78, 5) is 10.9. The minimum absolute atomic E-state index is 0.623. The van der Waals surface area contributed by atoms with Crippen molar-refractivity contribution in [3.8, 4) is 28.3 Å². The van der Waals surface area contributed by atoms with Crippen LogP contribution in [0.1, 0.15) is 0 Å². The highest BCUT2D eigenvalue weighted by molar-refractivity contribution is 7.25. The Bertz CT molecular complexity index is 3460. The number of fused-ring (bicyclic) bond motifs is 13. The zero-order valence-corrected chi connectivity index (χ0v) is 29.1. The van der Waals surface area contributed by atoms with Gasteiger partial charge in [-0.25, -0.2) is 9.97 Å². The highest BCUT2D eigenvalue weighted by Gasteiger charge is 2.26. The molecular formula is C48H27N3OS. The summed E-state index contributed by atoms with van der Waals surface area (Å²) >= 11 is 1.84. The maximum atomic E-state index is 6.85. The third-order valence-corrected chi connectivity index (χ3v) is 11.9. The smallest absolute Gasteiger partial charge is 0.235 e. The van der Waals surface area contributed by atoms with E-state index in [0.717, 1.165) is 87.8 Å². The van der Waals surface area contributed by atoms with Gasteiger partial charge in [-0.1, -0.05) is 127 Å². The van der Waals surface area contributed by atoms with Crippen molar-refractivity contribution in [3.05, 3.63) is 164 Å². The molecule has 0 unspecified atom stereocenters. The molecule has 8 aromatic carbocycles. The van der Waals surface area contributed by atoms with Gasteiger partial charge in [-0.2, -0.15) is 0 Å².